The van der Waals surface area contributed by atoms with Crippen molar-refractivity contribution in [2.45, 2.75) is 31.6 Å². The van der Waals surface area contributed by atoms with Crippen LogP contribution in [0.4, 0.5) is 0 Å². The van der Waals surface area contributed by atoms with Crippen LogP contribution < -0.4 is 14.2 Å². The first-order valence-electron chi connectivity index (χ1n) is 8.33. The Balaban J connectivity index is 2.43. The Hall–Kier alpha value is -1.66. The Kier molecular flexibility index (Phi) is 8.15. The van der Waals surface area contributed by atoms with Gasteiger partial charge in [0.15, 0.2) is 11.5 Å². The molecule has 0 aliphatic rings. The van der Waals surface area contributed by atoms with E-state index in [9.17, 15) is 4.21 Å². The molecule has 0 saturated heterocycles. The summed E-state index contributed by atoms with van der Waals surface area (Å²) >= 11 is 0. The van der Waals surface area contributed by atoms with E-state index in [1.807, 2.05) is 56.3 Å². The summed E-state index contributed by atoms with van der Waals surface area (Å²) < 4.78 is 29.6. The van der Waals surface area contributed by atoms with Gasteiger partial charge in [0.05, 0.1) is 27.9 Å². The molecule has 0 saturated carbocycles. The van der Waals surface area contributed by atoms with E-state index in [-0.39, 0.29) is 0 Å². The number of hydrogen-bond donors (Lipinski definition) is 0. The molecule has 0 aliphatic heterocycles. The minimum Gasteiger partial charge on any atom is -0.488 e. The van der Waals surface area contributed by atoms with E-state index in [1.54, 1.807) is 6.26 Å². The van der Waals surface area contributed by atoms with E-state index in [2.05, 4.69) is 0 Å². The van der Waals surface area contributed by atoms with Crippen molar-refractivity contribution in [2.75, 3.05) is 19.5 Å². The first-order valence-corrected chi connectivity index (χ1v) is 11.2. The van der Waals surface area contributed by atoms with Crippen molar-refractivity contribution >= 4 is 20.6 Å². The van der Waals surface area contributed by atoms with Crippen LogP contribution in [0.3, 0.4) is 0 Å². The predicted molar refractivity (Wildman–Crippen MR) is 104 cm³/mol. The topological polar surface area (TPSA) is 44.8 Å². The lowest BCUT2D eigenvalue weighted by molar-refractivity contribution is 0.254. The second-order valence-electron chi connectivity index (χ2n) is 5.32. The highest BCUT2D eigenvalue weighted by atomic mass is 33.1. The third-order valence-corrected chi connectivity index (χ3v) is 5.10. The van der Waals surface area contributed by atoms with Gasteiger partial charge in [-0.05, 0) is 47.9 Å². The Morgan fingerprint density at radius 3 is 2.16 bits per heavy atom. The second-order valence-corrected chi connectivity index (χ2v) is 8.63. The summed E-state index contributed by atoms with van der Waals surface area (Å²) in [6.07, 6.45) is 3.39. The number of benzene rings is 2. The first kappa shape index (κ1) is 19.7. The molecule has 2 rings (SSSR count). The molecule has 6 heteroatoms. The molecule has 0 fully saturated rings. The van der Waals surface area contributed by atoms with Crippen molar-refractivity contribution in [3.63, 3.8) is 0 Å². The summed E-state index contributed by atoms with van der Waals surface area (Å²) in [7, 11) is 0.199. The van der Waals surface area contributed by atoms with Crippen LogP contribution >= 0.6 is 10.8 Å². The lowest BCUT2D eigenvalue weighted by Gasteiger charge is -2.19. The highest BCUT2D eigenvalue weighted by molar-refractivity contribution is 8.69. The Labute approximate surface area is 155 Å². The fraction of sp³-hybridized carbons (Fsp3) is 0.368. The van der Waals surface area contributed by atoms with Crippen LogP contribution in [-0.2, 0) is 9.83 Å². The van der Waals surface area contributed by atoms with E-state index in [0.717, 1.165) is 23.5 Å². The summed E-state index contributed by atoms with van der Waals surface area (Å²) in [6, 6.07) is 13.3. The standard InChI is InChI=1S/C19H24O4S2/c1-4-13-21-18-16(23-15-9-7-6-8-10-15)11-12-17(24-25(3)20)19(18)22-14-5-2/h6-12H,4-5,13-14H2,1-3H3. The Morgan fingerprint density at radius 1 is 0.920 bits per heavy atom. The number of ether oxygens (including phenoxy) is 3. The molecule has 1 atom stereocenters. The Morgan fingerprint density at radius 2 is 1.56 bits per heavy atom. The molecule has 1 unspecified atom stereocenters. The van der Waals surface area contributed by atoms with E-state index >= 15 is 0 Å². The molecule has 0 spiro atoms. The maximum absolute atomic E-state index is 11.7. The summed E-state index contributed by atoms with van der Waals surface area (Å²) in [4.78, 5) is 0.792. The molecule has 0 heterocycles. The van der Waals surface area contributed by atoms with Gasteiger partial charge in [-0.1, -0.05) is 32.0 Å². The van der Waals surface area contributed by atoms with Gasteiger partial charge in [0.1, 0.15) is 5.75 Å². The SMILES string of the molecule is CCCOc1c(Oc2ccccc2)ccc(SS(C)=O)c1OCCC. The molecule has 0 radical (unpaired) electrons. The molecule has 0 N–H and O–H groups in total. The molecule has 136 valence electrons. The minimum atomic E-state index is -1.05. The van der Waals surface area contributed by atoms with Crippen molar-refractivity contribution in [3.8, 4) is 23.0 Å². The highest BCUT2D eigenvalue weighted by Gasteiger charge is 2.19. The molecule has 25 heavy (non-hydrogen) atoms. The van der Waals surface area contributed by atoms with Crippen LogP contribution in [-0.4, -0.2) is 23.7 Å². The van der Waals surface area contributed by atoms with Gasteiger partial charge in [0.2, 0.25) is 5.75 Å². The normalized spacial score (nSPS) is 11.8. The van der Waals surface area contributed by atoms with E-state index in [1.165, 1.54) is 10.8 Å². The van der Waals surface area contributed by atoms with Crippen LogP contribution in [0.25, 0.3) is 0 Å². The molecular formula is C19H24O4S2. The largest absolute Gasteiger partial charge is 0.488 e. The molecule has 2 aromatic carbocycles. The first-order chi connectivity index (χ1) is 12.2. The average molecular weight is 381 g/mol. The molecular weight excluding hydrogens is 356 g/mol. The van der Waals surface area contributed by atoms with Gasteiger partial charge in [-0.25, -0.2) is 4.21 Å². The lowest BCUT2D eigenvalue weighted by atomic mass is 10.2. The Bertz CT molecular complexity index is 689. The van der Waals surface area contributed by atoms with Gasteiger partial charge in [0, 0.05) is 6.26 Å². The van der Waals surface area contributed by atoms with Gasteiger partial charge in [-0.15, -0.1) is 0 Å². The van der Waals surface area contributed by atoms with Crippen molar-refractivity contribution in [1.82, 2.24) is 0 Å². The zero-order valence-electron chi connectivity index (χ0n) is 14.8. The molecule has 0 bridgehead atoms. The van der Waals surface area contributed by atoms with Crippen LogP contribution in [0.2, 0.25) is 0 Å². The molecule has 0 aliphatic carbocycles. The zero-order valence-corrected chi connectivity index (χ0v) is 16.5. The monoisotopic (exact) mass is 380 g/mol. The van der Waals surface area contributed by atoms with E-state index < -0.39 is 9.83 Å². The number of rotatable bonds is 10. The maximum Gasteiger partial charge on any atom is 0.205 e. The fourth-order valence-corrected chi connectivity index (χ4v) is 3.85. The van der Waals surface area contributed by atoms with Crippen molar-refractivity contribution < 1.29 is 18.4 Å². The number of hydrogen-bond acceptors (Lipinski definition) is 5. The third kappa shape index (κ3) is 5.97. The lowest BCUT2D eigenvalue weighted by Crippen LogP contribution is -2.04. The average Bonchev–Trinajstić information content (AvgIpc) is 2.61. The van der Waals surface area contributed by atoms with Gasteiger partial charge >= 0.3 is 0 Å². The molecule has 2 aromatic rings. The fourth-order valence-electron chi connectivity index (χ4n) is 2.10. The summed E-state index contributed by atoms with van der Waals surface area (Å²) in [5.41, 5.74) is 0. The van der Waals surface area contributed by atoms with Gasteiger partial charge in [0.25, 0.3) is 0 Å². The predicted octanol–water partition coefficient (Wildman–Crippen LogP) is 5.44. The zero-order chi connectivity index (χ0) is 18.1. The van der Waals surface area contributed by atoms with Crippen LogP contribution in [0.5, 0.6) is 23.0 Å². The smallest absolute Gasteiger partial charge is 0.205 e. The maximum atomic E-state index is 11.7. The summed E-state index contributed by atoms with van der Waals surface area (Å²) in [6.45, 7) is 5.20. The van der Waals surface area contributed by atoms with E-state index in [0.29, 0.717) is 30.5 Å². The van der Waals surface area contributed by atoms with Crippen molar-refractivity contribution in [2.24, 2.45) is 0 Å². The van der Waals surface area contributed by atoms with E-state index in [4.69, 9.17) is 14.2 Å². The number of para-hydroxylation sites is 1. The third-order valence-electron chi connectivity index (χ3n) is 3.12. The van der Waals surface area contributed by atoms with Crippen LogP contribution in [0.15, 0.2) is 47.4 Å². The van der Waals surface area contributed by atoms with Crippen LogP contribution in [0.1, 0.15) is 26.7 Å². The van der Waals surface area contributed by atoms with Gasteiger partial charge < -0.3 is 14.2 Å². The van der Waals surface area contributed by atoms with Crippen LogP contribution in [0, 0.1) is 0 Å². The second kappa shape index (κ2) is 10.4. The quantitative estimate of drug-likeness (QED) is 0.513. The molecule has 0 amide bonds. The van der Waals surface area contributed by atoms with Crippen molar-refractivity contribution in [1.29, 1.82) is 0 Å². The summed E-state index contributed by atoms with van der Waals surface area (Å²) in [5, 5.41) is 0. The van der Waals surface area contributed by atoms with Gasteiger partial charge in [-0.3, -0.25) is 0 Å². The summed E-state index contributed by atoms with van der Waals surface area (Å²) in [5.74, 6) is 2.49. The molecule has 4 nitrogen and oxygen atoms in total. The van der Waals surface area contributed by atoms with Crippen molar-refractivity contribution in [3.05, 3.63) is 42.5 Å². The minimum absolute atomic E-state index is 0.553. The molecule has 0 aromatic heterocycles. The van der Waals surface area contributed by atoms with Gasteiger partial charge in [-0.2, -0.15) is 0 Å². The highest BCUT2D eigenvalue weighted by Crippen LogP contribution is 2.46.